The van der Waals surface area contributed by atoms with Crippen molar-refractivity contribution in [2.24, 2.45) is 5.92 Å². The first-order valence-electron chi connectivity index (χ1n) is 5.70. The first-order chi connectivity index (χ1) is 7.43. The molecular formula is C12H18N2O2. The summed E-state index contributed by atoms with van der Waals surface area (Å²) in [7, 11) is 0. The van der Waals surface area contributed by atoms with Crippen molar-refractivity contribution in [2.75, 3.05) is 0 Å². The van der Waals surface area contributed by atoms with Gasteiger partial charge in [0.2, 0.25) is 0 Å². The van der Waals surface area contributed by atoms with E-state index in [1.54, 1.807) is 4.57 Å². The van der Waals surface area contributed by atoms with Gasteiger partial charge in [-0.25, -0.2) is 4.98 Å². The van der Waals surface area contributed by atoms with Crippen LogP contribution in [0, 0.1) is 19.8 Å². The third kappa shape index (κ3) is 1.44. The summed E-state index contributed by atoms with van der Waals surface area (Å²) >= 11 is 0. The molecule has 2 heterocycles. The molecule has 4 nitrogen and oxygen atoms in total. The van der Waals surface area contributed by atoms with E-state index in [-0.39, 0.29) is 17.7 Å². The van der Waals surface area contributed by atoms with Crippen molar-refractivity contribution in [1.82, 2.24) is 9.55 Å². The number of fused-ring (bicyclic) bond motifs is 1. The molecule has 2 rings (SSSR count). The summed E-state index contributed by atoms with van der Waals surface area (Å²) in [5.41, 5.74) is 1.49. The Hall–Kier alpha value is -1.32. The van der Waals surface area contributed by atoms with E-state index < -0.39 is 0 Å². The molecule has 0 radical (unpaired) electrons. The van der Waals surface area contributed by atoms with Crippen LogP contribution in [0.5, 0.6) is 6.01 Å². The predicted molar refractivity (Wildman–Crippen MR) is 61.9 cm³/mol. The van der Waals surface area contributed by atoms with E-state index in [2.05, 4.69) is 11.9 Å². The molecule has 1 aliphatic rings. The molecule has 0 bridgehead atoms. The summed E-state index contributed by atoms with van der Waals surface area (Å²) in [4.78, 5) is 16.5. The number of hydrogen-bond donors (Lipinski definition) is 0. The molecule has 0 N–H and O–H groups in total. The monoisotopic (exact) mass is 222 g/mol. The topological polar surface area (TPSA) is 44.1 Å². The second-order valence-corrected chi connectivity index (χ2v) is 4.70. The first-order valence-corrected chi connectivity index (χ1v) is 5.70. The minimum Gasteiger partial charge on any atom is -0.461 e. The summed E-state index contributed by atoms with van der Waals surface area (Å²) in [5.74, 6) is 0.314. The molecule has 0 aromatic carbocycles. The highest BCUT2D eigenvalue weighted by atomic mass is 16.5. The number of ether oxygens (including phenoxy) is 1. The fourth-order valence-electron chi connectivity index (χ4n) is 2.05. The zero-order valence-corrected chi connectivity index (χ0v) is 10.4. The zero-order valence-electron chi connectivity index (χ0n) is 10.4. The lowest BCUT2D eigenvalue weighted by Gasteiger charge is -2.34. The van der Waals surface area contributed by atoms with Gasteiger partial charge in [0, 0.05) is 17.5 Å². The van der Waals surface area contributed by atoms with Crippen LogP contribution in [0.4, 0.5) is 0 Å². The smallest absolute Gasteiger partial charge is 0.299 e. The average Bonchev–Trinajstić information content (AvgIpc) is 2.23. The van der Waals surface area contributed by atoms with Crippen LogP contribution in [0.1, 0.15) is 38.1 Å². The maximum atomic E-state index is 12.1. The molecule has 3 atom stereocenters. The Balaban J connectivity index is 2.67. The first kappa shape index (κ1) is 11.2. The molecule has 4 heteroatoms. The minimum atomic E-state index is 0.0220. The van der Waals surface area contributed by atoms with Crippen LogP contribution in [0.15, 0.2) is 4.79 Å². The second-order valence-electron chi connectivity index (χ2n) is 4.70. The van der Waals surface area contributed by atoms with Crippen molar-refractivity contribution >= 4 is 0 Å². The van der Waals surface area contributed by atoms with Crippen LogP contribution in [-0.4, -0.2) is 15.7 Å². The summed E-state index contributed by atoms with van der Waals surface area (Å²) in [6, 6.07) is 0.601. The van der Waals surface area contributed by atoms with E-state index in [1.165, 1.54) is 0 Å². The molecule has 0 saturated heterocycles. The van der Waals surface area contributed by atoms with E-state index >= 15 is 0 Å². The molecule has 0 aliphatic carbocycles. The maximum Gasteiger partial charge on any atom is 0.299 e. The van der Waals surface area contributed by atoms with Crippen molar-refractivity contribution in [1.29, 1.82) is 0 Å². The Bertz CT molecular complexity index is 479. The quantitative estimate of drug-likeness (QED) is 0.672. The van der Waals surface area contributed by atoms with Gasteiger partial charge in [-0.05, 0) is 27.7 Å². The fourth-order valence-corrected chi connectivity index (χ4v) is 2.05. The summed E-state index contributed by atoms with van der Waals surface area (Å²) in [6.45, 7) is 9.82. The predicted octanol–water partition coefficient (Wildman–Crippen LogP) is 1.84. The standard InChI is InChI=1S/C12H18N2O2/c1-6-8(3)13-12-14(11(6)15)9(4)7(2)10(5)16-12/h7,9-10H,1-5H3. The molecule has 1 aromatic rings. The van der Waals surface area contributed by atoms with E-state index in [4.69, 9.17) is 4.74 Å². The number of nitrogens with zero attached hydrogens (tertiary/aromatic N) is 2. The molecule has 0 saturated carbocycles. The summed E-state index contributed by atoms with van der Waals surface area (Å²) in [5, 5.41) is 0. The van der Waals surface area contributed by atoms with Crippen molar-refractivity contribution < 1.29 is 4.74 Å². The highest BCUT2D eigenvalue weighted by Gasteiger charge is 2.32. The Kier molecular flexibility index (Phi) is 2.52. The van der Waals surface area contributed by atoms with E-state index in [0.717, 1.165) is 5.69 Å². The Morgan fingerprint density at radius 1 is 1.25 bits per heavy atom. The highest BCUT2D eigenvalue weighted by Crippen LogP contribution is 2.30. The maximum absolute atomic E-state index is 12.1. The molecule has 88 valence electrons. The molecule has 1 aromatic heterocycles. The van der Waals surface area contributed by atoms with Gasteiger partial charge in [-0.3, -0.25) is 9.36 Å². The average molecular weight is 222 g/mol. The minimum absolute atomic E-state index is 0.0220. The van der Waals surface area contributed by atoms with Crippen LogP contribution < -0.4 is 10.3 Å². The zero-order chi connectivity index (χ0) is 12.0. The molecule has 1 aliphatic heterocycles. The molecule has 0 fully saturated rings. The van der Waals surface area contributed by atoms with Gasteiger partial charge in [-0.1, -0.05) is 6.92 Å². The fraction of sp³-hybridized carbons (Fsp3) is 0.667. The lowest BCUT2D eigenvalue weighted by molar-refractivity contribution is 0.0655. The van der Waals surface area contributed by atoms with Crippen LogP contribution in [0.25, 0.3) is 0 Å². The van der Waals surface area contributed by atoms with Gasteiger partial charge < -0.3 is 4.74 Å². The molecule has 3 unspecified atom stereocenters. The van der Waals surface area contributed by atoms with Crippen LogP contribution in [0.3, 0.4) is 0 Å². The second kappa shape index (κ2) is 3.61. The molecule has 16 heavy (non-hydrogen) atoms. The van der Waals surface area contributed by atoms with Gasteiger partial charge >= 0.3 is 0 Å². The van der Waals surface area contributed by atoms with Gasteiger partial charge in [-0.15, -0.1) is 0 Å². The van der Waals surface area contributed by atoms with Crippen molar-refractivity contribution in [3.8, 4) is 6.01 Å². The Morgan fingerprint density at radius 2 is 1.88 bits per heavy atom. The van der Waals surface area contributed by atoms with E-state index in [0.29, 0.717) is 17.5 Å². The van der Waals surface area contributed by atoms with Crippen molar-refractivity contribution in [3.05, 3.63) is 21.6 Å². The number of aryl methyl sites for hydroxylation is 1. The summed E-state index contributed by atoms with van der Waals surface area (Å²) in [6.07, 6.45) is 0.101. The SMILES string of the molecule is Cc1nc2n(c(=O)c1C)C(C)C(C)C(C)O2. The molecular weight excluding hydrogens is 204 g/mol. The van der Waals surface area contributed by atoms with Crippen LogP contribution >= 0.6 is 0 Å². The number of rotatable bonds is 0. The van der Waals surface area contributed by atoms with Gasteiger partial charge in [-0.2, -0.15) is 0 Å². The van der Waals surface area contributed by atoms with Crippen molar-refractivity contribution in [2.45, 2.75) is 46.8 Å². The Morgan fingerprint density at radius 3 is 2.50 bits per heavy atom. The lowest BCUT2D eigenvalue weighted by Crippen LogP contribution is -2.41. The van der Waals surface area contributed by atoms with Crippen molar-refractivity contribution in [3.63, 3.8) is 0 Å². The van der Waals surface area contributed by atoms with Crippen LogP contribution in [-0.2, 0) is 0 Å². The Labute approximate surface area is 95.3 Å². The van der Waals surface area contributed by atoms with E-state index in [1.807, 2.05) is 27.7 Å². The molecule has 0 spiro atoms. The van der Waals surface area contributed by atoms with Gasteiger partial charge in [0.1, 0.15) is 6.10 Å². The normalized spacial score (nSPS) is 28.4. The largest absolute Gasteiger partial charge is 0.461 e. The van der Waals surface area contributed by atoms with Crippen LogP contribution in [0.2, 0.25) is 0 Å². The number of aromatic nitrogens is 2. The van der Waals surface area contributed by atoms with Gasteiger partial charge in [0.25, 0.3) is 11.6 Å². The van der Waals surface area contributed by atoms with Gasteiger partial charge in [0.15, 0.2) is 0 Å². The third-order valence-electron chi connectivity index (χ3n) is 3.75. The van der Waals surface area contributed by atoms with E-state index in [9.17, 15) is 4.79 Å². The number of hydrogen-bond acceptors (Lipinski definition) is 3. The third-order valence-corrected chi connectivity index (χ3v) is 3.75. The van der Waals surface area contributed by atoms with Gasteiger partial charge in [0.05, 0.1) is 5.69 Å². The highest BCUT2D eigenvalue weighted by molar-refractivity contribution is 5.19. The summed E-state index contributed by atoms with van der Waals surface area (Å²) < 4.78 is 7.36. The molecule has 0 amide bonds. The lowest BCUT2D eigenvalue weighted by atomic mass is 9.96.